The Bertz CT molecular complexity index is 629. The van der Waals surface area contributed by atoms with E-state index in [1.165, 1.54) is 0 Å². The lowest BCUT2D eigenvalue weighted by atomic mass is 10.3. The highest BCUT2D eigenvalue weighted by Gasteiger charge is 2.07. The molecule has 2 N–H and O–H groups in total. The minimum atomic E-state index is -0.442. The molecule has 0 fully saturated rings. The van der Waals surface area contributed by atoms with Crippen molar-refractivity contribution in [3.05, 3.63) is 49.7 Å². The maximum absolute atomic E-state index is 11.4. The predicted molar refractivity (Wildman–Crippen MR) is 73.9 cm³/mol. The molecule has 0 saturated heterocycles. The number of anilines is 1. The summed E-state index contributed by atoms with van der Waals surface area (Å²) in [5.74, 6) is 0.980. The minimum Gasteiger partial charge on any atom is -0.366 e. The maximum atomic E-state index is 11.4. The fraction of sp³-hybridized carbons (Fsp3) is 0.182. The number of pyridine rings is 1. The van der Waals surface area contributed by atoms with Crippen LogP contribution in [0.2, 0.25) is 5.02 Å². The molecule has 0 saturated carbocycles. The molecule has 94 valence electrons. The molecule has 7 heteroatoms. The molecule has 0 spiro atoms. The van der Waals surface area contributed by atoms with Crippen LogP contribution in [0.4, 0.5) is 5.82 Å². The van der Waals surface area contributed by atoms with Crippen LogP contribution >= 0.6 is 27.5 Å². The summed E-state index contributed by atoms with van der Waals surface area (Å²) in [4.78, 5) is 22.1. The summed E-state index contributed by atoms with van der Waals surface area (Å²) in [7, 11) is 0. The van der Waals surface area contributed by atoms with Gasteiger partial charge in [-0.05, 0) is 34.5 Å². The molecule has 18 heavy (non-hydrogen) atoms. The highest BCUT2D eigenvalue weighted by atomic mass is 79.9. The zero-order valence-corrected chi connectivity index (χ0v) is 11.8. The number of nitrogens with one attached hydrogen (secondary N) is 2. The Kier molecular flexibility index (Phi) is 3.98. The highest BCUT2D eigenvalue weighted by Crippen LogP contribution is 2.15. The van der Waals surface area contributed by atoms with E-state index in [0.29, 0.717) is 18.2 Å². The molecule has 2 aromatic rings. The van der Waals surface area contributed by atoms with Gasteiger partial charge in [-0.1, -0.05) is 11.6 Å². The second kappa shape index (κ2) is 5.49. The van der Waals surface area contributed by atoms with Gasteiger partial charge in [0.2, 0.25) is 0 Å². The molecule has 2 aromatic heterocycles. The minimum absolute atomic E-state index is 0.0588. The second-order valence-corrected chi connectivity index (χ2v) is 4.97. The van der Waals surface area contributed by atoms with Crippen LogP contribution in [0.3, 0.4) is 0 Å². The zero-order valence-electron chi connectivity index (χ0n) is 9.50. The lowest BCUT2D eigenvalue weighted by molar-refractivity contribution is 0.994. The molecule has 0 aliphatic heterocycles. The molecule has 0 aromatic carbocycles. The van der Waals surface area contributed by atoms with Gasteiger partial charge in [0, 0.05) is 23.4 Å². The van der Waals surface area contributed by atoms with E-state index in [0.717, 1.165) is 10.0 Å². The van der Waals surface area contributed by atoms with Crippen molar-refractivity contribution in [2.24, 2.45) is 0 Å². The van der Waals surface area contributed by atoms with Crippen molar-refractivity contribution >= 4 is 33.3 Å². The van der Waals surface area contributed by atoms with E-state index in [-0.39, 0.29) is 5.02 Å². The van der Waals surface area contributed by atoms with Gasteiger partial charge < -0.3 is 10.3 Å². The number of rotatable bonds is 3. The smallest absolute Gasteiger partial charge is 0.293 e. The summed E-state index contributed by atoms with van der Waals surface area (Å²) in [6.45, 7) is 2.20. The average Bonchev–Trinajstić information content (AvgIpc) is 2.32. The van der Waals surface area contributed by atoms with Gasteiger partial charge in [-0.25, -0.2) is 0 Å². The first-order valence-electron chi connectivity index (χ1n) is 5.16. The average molecular weight is 330 g/mol. The van der Waals surface area contributed by atoms with Crippen molar-refractivity contribution in [3.63, 3.8) is 0 Å². The van der Waals surface area contributed by atoms with Gasteiger partial charge in [-0.2, -0.15) is 4.98 Å². The van der Waals surface area contributed by atoms with Crippen LogP contribution < -0.4 is 10.9 Å². The lowest BCUT2D eigenvalue weighted by Crippen LogP contribution is -2.14. The Morgan fingerprint density at radius 1 is 1.50 bits per heavy atom. The van der Waals surface area contributed by atoms with Crippen molar-refractivity contribution in [1.82, 2.24) is 15.0 Å². The third-order valence-corrected chi connectivity index (χ3v) is 3.00. The van der Waals surface area contributed by atoms with Gasteiger partial charge in [0.25, 0.3) is 5.56 Å². The quantitative estimate of drug-likeness (QED) is 0.907. The Hall–Kier alpha value is -1.40. The molecule has 0 bridgehead atoms. The lowest BCUT2D eigenvalue weighted by Gasteiger charge is -2.08. The van der Waals surface area contributed by atoms with Crippen molar-refractivity contribution in [1.29, 1.82) is 0 Å². The monoisotopic (exact) mass is 328 g/mol. The van der Waals surface area contributed by atoms with Gasteiger partial charge in [0.05, 0.1) is 0 Å². The maximum Gasteiger partial charge on any atom is 0.293 e. The Balaban J connectivity index is 2.18. The molecule has 0 aliphatic rings. The van der Waals surface area contributed by atoms with Crippen molar-refractivity contribution in [2.45, 2.75) is 13.5 Å². The Morgan fingerprint density at radius 3 is 3.00 bits per heavy atom. The van der Waals surface area contributed by atoms with Crippen LogP contribution in [-0.2, 0) is 6.54 Å². The van der Waals surface area contributed by atoms with Crippen molar-refractivity contribution in [3.8, 4) is 0 Å². The summed E-state index contributed by atoms with van der Waals surface area (Å²) in [5.41, 5.74) is 0.526. The molecule has 0 unspecified atom stereocenters. The molecule has 0 aliphatic carbocycles. The summed E-state index contributed by atoms with van der Waals surface area (Å²) < 4.78 is 0.896. The van der Waals surface area contributed by atoms with E-state index in [9.17, 15) is 4.79 Å². The fourth-order valence-electron chi connectivity index (χ4n) is 1.44. The highest BCUT2D eigenvalue weighted by molar-refractivity contribution is 9.10. The van der Waals surface area contributed by atoms with E-state index >= 15 is 0 Å². The van der Waals surface area contributed by atoms with Gasteiger partial charge in [0.15, 0.2) is 0 Å². The number of hydrogen-bond acceptors (Lipinski definition) is 4. The van der Waals surface area contributed by atoms with Crippen LogP contribution in [0.25, 0.3) is 0 Å². The molecule has 5 nitrogen and oxygen atoms in total. The van der Waals surface area contributed by atoms with E-state index < -0.39 is 5.56 Å². The second-order valence-electron chi connectivity index (χ2n) is 3.68. The standard InChI is InChI=1S/C11H10BrClN4O/c1-6-16-10(9(13)11(18)17-6)15-4-7-2-8(12)5-14-3-7/h2-3,5H,4H2,1H3,(H2,15,16,17,18). The SMILES string of the molecule is Cc1nc(=O)c(Cl)c(NCc2cncc(Br)c2)[nH]1. The van der Waals surface area contributed by atoms with E-state index in [4.69, 9.17) is 11.6 Å². The topological polar surface area (TPSA) is 70.7 Å². The summed E-state index contributed by atoms with van der Waals surface area (Å²) >= 11 is 9.21. The van der Waals surface area contributed by atoms with Crippen molar-refractivity contribution in [2.75, 3.05) is 5.32 Å². The van der Waals surface area contributed by atoms with Gasteiger partial charge in [0.1, 0.15) is 16.7 Å². The van der Waals surface area contributed by atoms with Crippen LogP contribution in [0, 0.1) is 6.92 Å². The molecule has 0 atom stereocenters. The zero-order chi connectivity index (χ0) is 13.1. The first-order valence-corrected chi connectivity index (χ1v) is 6.33. The van der Waals surface area contributed by atoms with Crippen molar-refractivity contribution < 1.29 is 0 Å². The third kappa shape index (κ3) is 3.08. The summed E-state index contributed by atoms with van der Waals surface area (Å²) in [6.07, 6.45) is 3.44. The normalized spacial score (nSPS) is 10.4. The van der Waals surface area contributed by atoms with Crippen LogP contribution in [0.5, 0.6) is 0 Å². The number of hydrogen-bond donors (Lipinski definition) is 2. The number of H-pyrrole nitrogens is 1. The Labute approximate surface area is 117 Å². The number of aryl methyl sites for hydroxylation is 1. The number of aromatic nitrogens is 3. The molecular formula is C11H10BrClN4O. The molecule has 2 rings (SSSR count). The largest absolute Gasteiger partial charge is 0.366 e. The van der Waals surface area contributed by atoms with Crippen LogP contribution in [0.1, 0.15) is 11.4 Å². The number of nitrogens with zero attached hydrogens (tertiary/aromatic N) is 2. The van der Waals surface area contributed by atoms with Gasteiger partial charge in [-0.15, -0.1) is 0 Å². The van der Waals surface area contributed by atoms with E-state index in [1.807, 2.05) is 6.07 Å². The van der Waals surface area contributed by atoms with Gasteiger partial charge in [-0.3, -0.25) is 9.78 Å². The molecule has 0 amide bonds. The number of aromatic amines is 1. The van der Waals surface area contributed by atoms with E-state index in [1.54, 1.807) is 19.3 Å². The first-order chi connectivity index (χ1) is 8.56. The Morgan fingerprint density at radius 2 is 2.28 bits per heavy atom. The third-order valence-electron chi connectivity index (χ3n) is 2.21. The van der Waals surface area contributed by atoms with Crippen LogP contribution in [-0.4, -0.2) is 15.0 Å². The molecule has 2 heterocycles. The summed E-state index contributed by atoms with van der Waals surface area (Å²) in [6, 6.07) is 1.93. The fourth-order valence-corrected chi connectivity index (χ4v) is 2.01. The van der Waals surface area contributed by atoms with Crippen LogP contribution in [0.15, 0.2) is 27.7 Å². The first kappa shape index (κ1) is 13.0. The summed E-state index contributed by atoms with van der Waals surface area (Å²) in [5, 5.41) is 3.11. The van der Waals surface area contributed by atoms with Gasteiger partial charge >= 0.3 is 0 Å². The molecule has 0 radical (unpaired) electrons. The predicted octanol–water partition coefficient (Wildman–Crippen LogP) is 2.50. The number of halogens is 2. The van der Waals surface area contributed by atoms with E-state index in [2.05, 4.69) is 36.2 Å². The molecular weight excluding hydrogens is 320 g/mol.